The molecule has 0 radical (unpaired) electrons. The summed E-state index contributed by atoms with van der Waals surface area (Å²) in [5, 5.41) is 0. The third kappa shape index (κ3) is 2.47. The van der Waals surface area contributed by atoms with Crippen LogP contribution in [0, 0.1) is 5.41 Å². The van der Waals surface area contributed by atoms with E-state index in [1.807, 2.05) is 27.7 Å². The summed E-state index contributed by atoms with van der Waals surface area (Å²) in [7, 11) is 0. The number of carbonyl (C=O) groups is 1. The number of rotatable bonds is 3. The second kappa shape index (κ2) is 3.89. The molecular weight excluding hydrogens is 180 g/mol. The van der Waals surface area contributed by atoms with Gasteiger partial charge in [0.15, 0.2) is 0 Å². The molecule has 3 nitrogen and oxygen atoms in total. The van der Waals surface area contributed by atoms with Crippen LogP contribution in [0.15, 0.2) is 0 Å². The summed E-state index contributed by atoms with van der Waals surface area (Å²) in [5.74, 6) is -0.840. The summed E-state index contributed by atoms with van der Waals surface area (Å²) in [5.41, 5.74) is -0.408. The zero-order valence-corrected chi connectivity index (χ0v) is 9.55. The van der Waals surface area contributed by atoms with Gasteiger partial charge >= 0.3 is 5.97 Å². The Hall–Kier alpha value is -0.570. The maximum atomic E-state index is 11.8. The highest BCUT2D eigenvalue weighted by Gasteiger charge is 2.38. The fourth-order valence-electron chi connectivity index (χ4n) is 1.31. The summed E-state index contributed by atoms with van der Waals surface area (Å²) in [4.78, 5) is 11.8. The molecule has 0 aromatic heterocycles. The highest BCUT2D eigenvalue weighted by molar-refractivity contribution is 5.76. The van der Waals surface area contributed by atoms with Crippen molar-refractivity contribution in [3.8, 4) is 0 Å². The van der Waals surface area contributed by atoms with Gasteiger partial charge in [0, 0.05) is 13.3 Å². The normalized spacial score (nSPS) is 27.7. The maximum Gasteiger partial charge on any atom is 0.313 e. The van der Waals surface area contributed by atoms with Gasteiger partial charge in [-0.15, -0.1) is 0 Å². The summed E-state index contributed by atoms with van der Waals surface area (Å²) < 4.78 is 10.8. The molecule has 82 valence electrons. The third-order valence-corrected chi connectivity index (χ3v) is 2.93. The standard InChI is InChI=1S/C11H20O3/c1-5-10(2,3)9(12)14-11(4)7-6-8-13-11/h5-8H2,1-4H3. The van der Waals surface area contributed by atoms with E-state index >= 15 is 0 Å². The molecule has 1 unspecified atom stereocenters. The predicted octanol–water partition coefficient (Wildman–Crippen LogP) is 2.49. The average Bonchev–Trinajstić information content (AvgIpc) is 2.52. The van der Waals surface area contributed by atoms with Gasteiger partial charge in [-0.25, -0.2) is 0 Å². The first-order chi connectivity index (χ1) is 6.40. The van der Waals surface area contributed by atoms with Crippen molar-refractivity contribution in [3.63, 3.8) is 0 Å². The Morgan fingerprint density at radius 2 is 2.21 bits per heavy atom. The van der Waals surface area contributed by atoms with E-state index in [1.54, 1.807) is 0 Å². The fourth-order valence-corrected chi connectivity index (χ4v) is 1.31. The first kappa shape index (κ1) is 11.5. The Balaban J connectivity index is 2.55. The second-order valence-electron chi connectivity index (χ2n) is 4.71. The molecular formula is C11H20O3. The van der Waals surface area contributed by atoms with Gasteiger partial charge in [-0.3, -0.25) is 4.79 Å². The van der Waals surface area contributed by atoms with Gasteiger partial charge in [0.05, 0.1) is 12.0 Å². The van der Waals surface area contributed by atoms with Crippen molar-refractivity contribution in [2.45, 2.75) is 52.7 Å². The van der Waals surface area contributed by atoms with Crippen molar-refractivity contribution in [1.29, 1.82) is 0 Å². The van der Waals surface area contributed by atoms with E-state index in [1.165, 1.54) is 0 Å². The number of hydrogen-bond acceptors (Lipinski definition) is 3. The molecule has 0 spiro atoms. The lowest BCUT2D eigenvalue weighted by Gasteiger charge is -2.29. The molecule has 1 saturated heterocycles. The second-order valence-corrected chi connectivity index (χ2v) is 4.71. The highest BCUT2D eigenvalue weighted by Crippen LogP contribution is 2.31. The van der Waals surface area contributed by atoms with Gasteiger partial charge in [-0.05, 0) is 26.7 Å². The van der Waals surface area contributed by atoms with Crippen molar-refractivity contribution in [1.82, 2.24) is 0 Å². The van der Waals surface area contributed by atoms with Crippen LogP contribution in [0.2, 0.25) is 0 Å². The van der Waals surface area contributed by atoms with Crippen LogP contribution >= 0.6 is 0 Å². The average molecular weight is 200 g/mol. The van der Waals surface area contributed by atoms with Crippen LogP contribution in [0.3, 0.4) is 0 Å². The van der Waals surface area contributed by atoms with Gasteiger partial charge in [-0.2, -0.15) is 0 Å². The molecule has 0 N–H and O–H groups in total. The summed E-state index contributed by atoms with van der Waals surface area (Å²) >= 11 is 0. The minimum absolute atomic E-state index is 0.163. The minimum atomic E-state index is -0.677. The largest absolute Gasteiger partial charge is 0.433 e. The van der Waals surface area contributed by atoms with Crippen LogP contribution in [0.25, 0.3) is 0 Å². The molecule has 3 heteroatoms. The molecule has 1 atom stereocenters. The smallest absolute Gasteiger partial charge is 0.313 e. The van der Waals surface area contributed by atoms with Crippen LogP contribution in [0.4, 0.5) is 0 Å². The van der Waals surface area contributed by atoms with E-state index < -0.39 is 11.2 Å². The summed E-state index contributed by atoms with van der Waals surface area (Å²) in [6.45, 7) is 8.31. The minimum Gasteiger partial charge on any atom is -0.433 e. The molecule has 0 bridgehead atoms. The molecule has 14 heavy (non-hydrogen) atoms. The van der Waals surface area contributed by atoms with E-state index in [-0.39, 0.29) is 5.97 Å². The molecule has 1 heterocycles. The molecule has 0 aliphatic carbocycles. The van der Waals surface area contributed by atoms with E-state index in [4.69, 9.17) is 9.47 Å². The van der Waals surface area contributed by atoms with Gasteiger partial charge in [-0.1, -0.05) is 6.92 Å². The lowest BCUT2D eigenvalue weighted by atomic mass is 9.90. The Labute approximate surface area is 85.8 Å². The van der Waals surface area contributed by atoms with E-state index in [9.17, 15) is 4.79 Å². The highest BCUT2D eigenvalue weighted by atomic mass is 16.7. The SMILES string of the molecule is CCC(C)(C)C(=O)OC1(C)CCCO1. The topological polar surface area (TPSA) is 35.5 Å². The molecule has 0 saturated carbocycles. The third-order valence-electron chi connectivity index (χ3n) is 2.93. The van der Waals surface area contributed by atoms with E-state index in [0.717, 1.165) is 19.3 Å². The molecule has 1 aliphatic heterocycles. The quantitative estimate of drug-likeness (QED) is 0.656. The number of esters is 1. The Bertz CT molecular complexity index is 215. The summed E-state index contributed by atoms with van der Waals surface area (Å²) in [6, 6.07) is 0. The lowest BCUT2D eigenvalue weighted by Crippen LogP contribution is -2.36. The van der Waals surface area contributed by atoms with Crippen LogP contribution in [0.1, 0.15) is 47.0 Å². The predicted molar refractivity (Wildman–Crippen MR) is 53.8 cm³/mol. The Kier molecular flexibility index (Phi) is 3.20. The fraction of sp³-hybridized carbons (Fsp3) is 0.909. The molecule has 1 rings (SSSR count). The zero-order valence-electron chi connectivity index (χ0n) is 9.55. The molecule has 1 aliphatic rings. The Morgan fingerprint density at radius 1 is 1.57 bits per heavy atom. The van der Waals surface area contributed by atoms with Crippen LogP contribution in [-0.2, 0) is 14.3 Å². The number of carbonyl (C=O) groups excluding carboxylic acids is 1. The molecule has 1 fully saturated rings. The lowest BCUT2D eigenvalue weighted by molar-refractivity contribution is -0.214. The van der Waals surface area contributed by atoms with Crippen molar-refractivity contribution in [3.05, 3.63) is 0 Å². The van der Waals surface area contributed by atoms with Crippen molar-refractivity contribution < 1.29 is 14.3 Å². The zero-order chi connectivity index (χ0) is 10.8. The first-order valence-corrected chi connectivity index (χ1v) is 5.27. The van der Waals surface area contributed by atoms with E-state index in [0.29, 0.717) is 6.61 Å². The van der Waals surface area contributed by atoms with Gasteiger partial charge < -0.3 is 9.47 Å². The van der Waals surface area contributed by atoms with Gasteiger partial charge in [0.2, 0.25) is 5.79 Å². The molecule has 0 aromatic carbocycles. The van der Waals surface area contributed by atoms with Gasteiger partial charge in [0.1, 0.15) is 0 Å². The van der Waals surface area contributed by atoms with Gasteiger partial charge in [0.25, 0.3) is 0 Å². The van der Waals surface area contributed by atoms with Crippen molar-refractivity contribution in [2.75, 3.05) is 6.61 Å². The number of hydrogen-bond donors (Lipinski definition) is 0. The summed E-state index contributed by atoms with van der Waals surface area (Å²) in [6.07, 6.45) is 2.55. The van der Waals surface area contributed by atoms with Crippen LogP contribution in [0.5, 0.6) is 0 Å². The van der Waals surface area contributed by atoms with Crippen molar-refractivity contribution >= 4 is 5.97 Å². The molecule has 0 aromatic rings. The van der Waals surface area contributed by atoms with E-state index in [2.05, 4.69) is 0 Å². The monoisotopic (exact) mass is 200 g/mol. The van der Waals surface area contributed by atoms with Crippen molar-refractivity contribution in [2.24, 2.45) is 5.41 Å². The van der Waals surface area contributed by atoms with Crippen LogP contribution in [-0.4, -0.2) is 18.4 Å². The maximum absolute atomic E-state index is 11.8. The molecule has 0 amide bonds. The first-order valence-electron chi connectivity index (χ1n) is 5.27. The Morgan fingerprint density at radius 3 is 2.64 bits per heavy atom. The number of ether oxygens (including phenoxy) is 2. The van der Waals surface area contributed by atoms with Crippen LogP contribution < -0.4 is 0 Å².